The Hall–Kier alpha value is -1.82. The Morgan fingerprint density at radius 3 is 2.72 bits per heavy atom. The Bertz CT molecular complexity index is 615. The predicted molar refractivity (Wildman–Crippen MR) is 99.5 cm³/mol. The zero-order valence-corrected chi connectivity index (χ0v) is 15.6. The highest BCUT2D eigenvalue weighted by molar-refractivity contribution is 6.31. The molecule has 5 nitrogen and oxygen atoms in total. The second-order valence-corrected chi connectivity index (χ2v) is 6.67. The van der Waals surface area contributed by atoms with Crippen LogP contribution in [-0.2, 0) is 11.2 Å². The van der Waals surface area contributed by atoms with E-state index in [1.807, 2.05) is 0 Å². The summed E-state index contributed by atoms with van der Waals surface area (Å²) in [5.41, 5.74) is 0.912. The van der Waals surface area contributed by atoms with Crippen molar-refractivity contribution >= 4 is 23.5 Å². The number of nitrogens with zero attached hydrogens (tertiary/aromatic N) is 2. The molecule has 1 aromatic rings. The maximum absolute atomic E-state index is 13.1. The van der Waals surface area contributed by atoms with Gasteiger partial charge in [0, 0.05) is 45.2 Å². The van der Waals surface area contributed by atoms with Gasteiger partial charge in [0.25, 0.3) is 0 Å². The normalized spacial score (nSPS) is 16.0. The van der Waals surface area contributed by atoms with Crippen LogP contribution in [0.3, 0.4) is 0 Å². The van der Waals surface area contributed by atoms with Gasteiger partial charge >= 0.3 is 0 Å². The molecule has 0 unspecified atom stereocenters. The fraction of sp³-hybridized carbons (Fsp3) is 0.556. The molecular formula is C18H26ClFN4O. The second-order valence-electron chi connectivity index (χ2n) is 6.27. The third kappa shape index (κ3) is 5.88. The summed E-state index contributed by atoms with van der Waals surface area (Å²) in [5, 5.41) is 6.48. The number of nitrogens with one attached hydrogen (secondary N) is 2. The van der Waals surface area contributed by atoms with Crippen LogP contribution in [-0.4, -0.2) is 50.5 Å². The molecule has 1 heterocycles. The number of guanidine groups is 1. The molecule has 7 heteroatoms. The maximum Gasteiger partial charge on any atom is 0.220 e. The first-order chi connectivity index (χ1) is 12.0. The quantitative estimate of drug-likeness (QED) is 0.620. The van der Waals surface area contributed by atoms with E-state index in [-0.39, 0.29) is 11.7 Å². The number of benzene rings is 1. The number of amides is 1. The number of hydrogen-bond donors (Lipinski definition) is 2. The highest BCUT2D eigenvalue weighted by Gasteiger charge is 2.22. The summed E-state index contributed by atoms with van der Waals surface area (Å²) < 4.78 is 13.1. The van der Waals surface area contributed by atoms with E-state index in [2.05, 4.69) is 20.5 Å². The third-order valence-corrected chi connectivity index (χ3v) is 4.92. The molecule has 1 saturated heterocycles. The predicted octanol–water partition coefficient (Wildman–Crippen LogP) is 2.45. The number of likely N-dealkylation sites (tertiary alicyclic amines) is 1. The van der Waals surface area contributed by atoms with Gasteiger partial charge in [-0.15, -0.1) is 0 Å². The molecule has 2 rings (SSSR count). The molecular weight excluding hydrogens is 343 g/mol. The first-order valence-corrected chi connectivity index (χ1v) is 9.01. The minimum absolute atomic E-state index is 0.108. The van der Waals surface area contributed by atoms with Crippen molar-refractivity contribution in [3.8, 4) is 0 Å². The molecule has 1 amide bonds. The topological polar surface area (TPSA) is 56.7 Å². The van der Waals surface area contributed by atoms with Crippen molar-refractivity contribution in [1.29, 1.82) is 0 Å². The number of hydrogen-bond acceptors (Lipinski definition) is 2. The highest BCUT2D eigenvalue weighted by Crippen LogP contribution is 2.20. The number of rotatable bonds is 5. The van der Waals surface area contributed by atoms with E-state index in [0.29, 0.717) is 30.3 Å². The van der Waals surface area contributed by atoms with Crippen molar-refractivity contribution in [2.24, 2.45) is 10.9 Å². The zero-order valence-electron chi connectivity index (χ0n) is 14.8. The zero-order chi connectivity index (χ0) is 18.2. The van der Waals surface area contributed by atoms with Gasteiger partial charge in [0.2, 0.25) is 5.91 Å². The van der Waals surface area contributed by atoms with Crippen molar-refractivity contribution in [3.63, 3.8) is 0 Å². The molecule has 0 radical (unpaired) electrons. The first-order valence-electron chi connectivity index (χ1n) is 8.63. The summed E-state index contributed by atoms with van der Waals surface area (Å²) in [6, 6.07) is 4.47. The van der Waals surface area contributed by atoms with Crippen molar-refractivity contribution in [1.82, 2.24) is 15.5 Å². The van der Waals surface area contributed by atoms with E-state index in [9.17, 15) is 9.18 Å². The average Bonchev–Trinajstić information content (AvgIpc) is 2.61. The van der Waals surface area contributed by atoms with Crippen LogP contribution >= 0.6 is 11.6 Å². The molecule has 1 aromatic carbocycles. The maximum atomic E-state index is 13.1. The molecule has 1 aliphatic heterocycles. The van der Waals surface area contributed by atoms with Gasteiger partial charge in [-0.2, -0.15) is 0 Å². The van der Waals surface area contributed by atoms with E-state index in [1.165, 1.54) is 12.1 Å². The van der Waals surface area contributed by atoms with Crippen LogP contribution in [0.1, 0.15) is 24.8 Å². The van der Waals surface area contributed by atoms with E-state index in [1.54, 1.807) is 20.2 Å². The summed E-state index contributed by atoms with van der Waals surface area (Å²) in [4.78, 5) is 18.0. The van der Waals surface area contributed by atoms with Gasteiger partial charge in [-0.1, -0.05) is 17.7 Å². The van der Waals surface area contributed by atoms with Crippen LogP contribution in [0.5, 0.6) is 0 Å². The standard InChI is InChI=1S/C18H26ClFN4O/c1-21-17(25)11-13-6-9-24(10-7-13)18(22-2)23-8-5-14-3-4-15(20)12-16(14)19/h3-4,12-13H,5-11H2,1-2H3,(H,21,25)(H,22,23). The minimum atomic E-state index is -0.322. The van der Waals surface area contributed by atoms with Gasteiger partial charge in [0.1, 0.15) is 5.82 Å². The molecule has 0 atom stereocenters. The molecule has 138 valence electrons. The van der Waals surface area contributed by atoms with Gasteiger partial charge in [0.15, 0.2) is 5.96 Å². The van der Waals surface area contributed by atoms with Crippen LogP contribution in [0.2, 0.25) is 5.02 Å². The van der Waals surface area contributed by atoms with Gasteiger partial charge in [-0.25, -0.2) is 4.39 Å². The highest BCUT2D eigenvalue weighted by atomic mass is 35.5. The fourth-order valence-electron chi connectivity index (χ4n) is 3.08. The average molecular weight is 369 g/mol. The van der Waals surface area contributed by atoms with Crippen molar-refractivity contribution in [2.75, 3.05) is 33.7 Å². The summed E-state index contributed by atoms with van der Waals surface area (Å²) in [6.45, 7) is 2.45. The number of carbonyl (C=O) groups excluding carboxylic acids is 1. The lowest BCUT2D eigenvalue weighted by molar-refractivity contribution is -0.121. The van der Waals surface area contributed by atoms with Crippen molar-refractivity contribution in [2.45, 2.75) is 25.7 Å². The van der Waals surface area contributed by atoms with Gasteiger partial charge in [-0.3, -0.25) is 9.79 Å². The Labute approximate surface area is 153 Å². The van der Waals surface area contributed by atoms with Gasteiger partial charge in [-0.05, 0) is 42.9 Å². The summed E-state index contributed by atoms with van der Waals surface area (Å²) in [7, 11) is 3.44. The second kappa shape index (κ2) is 9.61. The largest absolute Gasteiger partial charge is 0.359 e. The molecule has 0 aromatic heterocycles. The van der Waals surface area contributed by atoms with Gasteiger partial charge < -0.3 is 15.5 Å². The number of halogens is 2. The van der Waals surface area contributed by atoms with Gasteiger partial charge in [0.05, 0.1) is 0 Å². The summed E-state index contributed by atoms with van der Waals surface area (Å²) in [6.07, 6.45) is 3.26. The molecule has 1 fully saturated rings. The van der Waals surface area contributed by atoms with Crippen LogP contribution in [0.4, 0.5) is 4.39 Å². The Balaban J connectivity index is 1.78. The molecule has 1 aliphatic rings. The monoisotopic (exact) mass is 368 g/mol. The van der Waals surface area contributed by atoms with E-state index < -0.39 is 0 Å². The number of aliphatic imine (C=N–C) groups is 1. The SMILES string of the molecule is CN=C(NCCc1ccc(F)cc1Cl)N1CCC(CC(=O)NC)CC1. The minimum Gasteiger partial charge on any atom is -0.359 e. The third-order valence-electron chi connectivity index (χ3n) is 4.57. The van der Waals surface area contributed by atoms with Crippen molar-refractivity contribution in [3.05, 3.63) is 34.6 Å². The van der Waals surface area contributed by atoms with Crippen molar-refractivity contribution < 1.29 is 9.18 Å². The number of piperidine rings is 1. The lowest BCUT2D eigenvalue weighted by Crippen LogP contribution is -2.46. The molecule has 2 N–H and O–H groups in total. The van der Waals surface area contributed by atoms with Crippen LogP contribution in [0.15, 0.2) is 23.2 Å². The molecule has 25 heavy (non-hydrogen) atoms. The fourth-order valence-corrected chi connectivity index (χ4v) is 3.34. The summed E-state index contributed by atoms with van der Waals surface area (Å²) in [5.74, 6) is 1.08. The van der Waals surface area contributed by atoms with E-state index >= 15 is 0 Å². The lowest BCUT2D eigenvalue weighted by Gasteiger charge is -2.34. The molecule has 0 aliphatic carbocycles. The lowest BCUT2D eigenvalue weighted by atomic mass is 9.93. The molecule has 0 saturated carbocycles. The summed E-state index contributed by atoms with van der Waals surface area (Å²) >= 11 is 6.06. The first kappa shape index (κ1) is 19.5. The Kier molecular flexibility index (Phi) is 7.50. The molecule has 0 bridgehead atoms. The smallest absolute Gasteiger partial charge is 0.220 e. The van der Waals surface area contributed by atoms with E-state index in [4.69, 9.17) is 11.6 Å². The molecule has 0 spiro atoms. The van der Waals surface area contributed by atoms with Crippen LogP contribution < -0.4 is 10.6 Å². The Morgan fingerprint density at radius 1 is 1.40 bits per heavy atom. The number of carbonyl (C=O) groups is 1. The Morgan fingerprint density at radius 2 is 2.12 bits per heavy atom. The van der Waals surface area contributed by atoms with Crippen LogP contribution in [0.25, 0.3) is 0 Å². The van der Waals surface area contributed by atoms with E-state index in [0.717, 1.165) is 37.5 Å². The van der Waals surface area contributed by atoms with Crippen LogP contribution in [0, 0.1) is 11.7 Å².